The molecule has 3 N–H and O–H groups in total. The lowest BCUT2D eigenvalue weighted by Gasteiger charge is -2.34. The highest BCUT2D eigenvalue weighted by molar-refractivity contribution is 6.00. The van der Waals surface area contributed by atoms with Gasteiger partial charge in [0.2, 0.25) is 23.6 Å². The Morgan fingerprint density at radius 1 is 0.815 bits per heavy atom. The number of aromatic amines is 1. The van der Waals surface area contributed by atoms with E-state index in [0.717, 1.165) is 59.2 Å². The first kappa shape index (κ1) is 38.0. The van der Waals surface area contributed by atoms with Gasteiger partial charge in [-0.25, -0.2) is 0 Å². The van der Waals surface area contributed by atoms with E-state index in [4.69, 9.17) is 0 Å². The molecule has 5 aromatic rings. The summed E-state index contributed by atoms with van der Waals surface area (Å²) in [4.78, 5) is 62.6. The molecule has 4 amide bonds. The van der Waals surface area contributed by atoms with Gasteiger partial charge in [-0.3, -0.25) is 24.1 Å². The summed E-state index contributed by atoms with van der Waals surface area (Å²) in [6.45, 7) is 8.60. The van der Waals surface area contributed by atoms with Crippen molar-refractivity contribution in [2.24, 2.45) is 0 Å². The third kappa shape index (κ3) is 9.06. The molecule has 10 heteroatoms. The van der Waals surface area contributed by atoms with Crippen LogP contribution in [-0.2, 0) is 25.6 Å². The summed E-state index contributed by atoms with van der Waals surface area (Å²) >= 11 is 0. The van der Waals surface area contributed by atoms with Crippen LogP contribution in [0.1, 0.15) is 57.2 Å². The number of nitrogens with one attached hydrogen (secondary N) is 3. The summed E-state index contributed by atoms with van der Waals surface area (Å²) in [5.74, 6) is -0.541. The molecule has 2 atom stereocenters. The van der Waals surface area contributed by atoms with Crippen LogP contribution in [0, 0.1) is 0 Å². The third-order valence-electron chi connectivity index (χ3n) is 10.1. The van der Waals surface area contributed by atoms with Gasteiger partial charge in [0.15, 0.2) is 0 Å². The van der Waals surface area contributed by atoms with E-state index in [1.807, 2.05) is 116 Å². The molecule has 4 aromatic carbocycles. The van der Waals surface area contributed by atoms with Crippen LogP contribution in [-0.4, -0.2) is 82.1 Å². The number of likely N-dealkylation sites (N-methyl/N-ethyl adjacent to an activating group) is 1. The summed E-state index contributed by atoms with van der Waals surface area (Å²) in [5.41, 5.74) is 5.90. The molecule has 6 rings (SSSR count). The lowest BCUT2D eigenvalue weighted by Crippen LogP contribution is -2.48. The Kier molecular flexibility index (Phi) is 12.6. The molecule has 54 heavy (non-hydrogen) atoms. The summed E-state index contributed by atoms with van der Waals surface area (Å²) in [7, 11) is 0. The molecule has 0 bridgehead atoms. The molecule has 10 nitrogen and oxygen atoms in total. The van der Waals surface area contributed by atoms with Crippen molar-refractivity contribution in [3.8, 4) is 11.3 Å². The molecule has 280 valence electrons. The molecule has 0 saturated carbocycles. The monoisotopic (exact) mass is 726 g/mol. The minimum Gasteiger partial charge on any atom is -0.355 e. The molecule has 0 unspecified atom stereocenters. The fraction of sp³-hybridized carbons (Fsp3) is 0.318. The maximum atomic E-state index is 14.1. The number of H-pyrrole nitrogens is 1. The largest absolute Gasteiger partial charge is 0.355 e. The average molecular weight is 727 g/mol. The average Bonchev–Trinajstić information content (AvgIpc) is 3.86. The van der Waals surface area contributed by atoms with Gasteiger partial charge < -0.3 is 25.4 Å². The van der Waals surface area contributed by atoms with Crippen molar-refractivity contribution in [1.29, 1.82) is 0 Å². The van der Waals surface area contributed by atoms with E-state index in [9.17, 15) is 19.2 Å². The summed E-state index contributed by atoms with van der Waals surface area (Å²) < 4.78 is 0. The van der Waals surface area contributed by atoms with Crippen molar-refractivity contribution < 1.29 is 19.2 Å². The number of nitrogens with zero attached hydrogens (tertiary/aromatic N) is 3. The second-order valence-electron chi connectivity index (χ2n) is 13.8. The maximum absolute atomic E-state index is 14.1. The van der Waals surface area contributed by atoms with Crippen LogP contribution in [0.5, 0.6) is 0 Å². The van der Waals surface area contributed by atoms with Gasteiger partial charge in [0.05, 0.1) is 13.0 Å². The number of rotatable bonds is 15. The van der Waals surface area contributed by atoms with Crippen LogP contribution < -0.4 is 10.6 Å². The second kappa shape index (κ2) is 17.9. The van der Waals surface area contributed by atoms with E-state index in [1.165, 1.54) is 0 Å². The minimum atomic E-state index is -0.541. The fourth-order valence-electron chi connectivity index (χ4n) is 7.34. The van der Waals surface area contributed by atoms with Gasteiger partial charge in [0.1, 0.15) is 12.1 Å². The Labute approximate surface area is 317 Å². The van der Waals surface area contributed by atoms with Crippen molar-refractivity contribution in [3.05, 3.63) is 120 Å². The van der Waals surface area contributed by atoms with Crippen LogP contribution in [0.15, 0.2) is 109 Å². The third-order valence-corrected chi connectivity index (χ3v) is 10.1. The molecule has 1 fully saturated rings. The molecule has 0 spiro atoms. The summed E-state index contributed by atoms with van der Waals surface area (Å²) in [6.07, 6.45) is 2.41. The first-order valence-corrected chi connectivity index (χ1v) is 19.0. The normalized spacial score (nSPS) is 14.6. The van der Waals surface area contributed by atoms with Crippen molar-refractivity contribution in [2.45, 2.75) is 58.5 Å². The molecule has 2 heterocycles. The zero-order valence-electron chi connectivity index (χ0n) is 31.4. The zero-order valence-corrected chi connectivity index (χ0v) is 31.4. The van der Waals surface area contributed by atoms with Crippen LogP contribution >= 0.6 is 0 Å². The fourth-order valence-corrected chi connectivity index (χ4v) is 7.34. The SMILES string of the molecule is CCCN(CC(=O)Nc1ccc(-c2cc3cc(NC(=O)[C@@H]4CCCN4C(=O)[C@@H](c4ccccc4)N(CC)CC)ccc3[nH]2)cc1)C(=O)Cc1ccccc1. The first-order valence-electron chi connectivity index (χ1n) is 19.0. The Morgan fingerprint density at radius 2 is 1.50 bits per heavy atom. The quantitative estimate of drug-likeness (QED) is 0.105. The number of amides is 4. The van der Waals surface area contributed by atoms with E-state index in [0.29, 0.717) is 30.9 Å². The number of carbonyl (C=O) groups excluding carboxylic acids is 4. The highest BCUT2D eigenvalue weighted by atomic mass is 16.2. The summed E-state index contributed by atoms with van der Waals surface area (Å²) in [5, 5.41) is 6.95. The van der Waals surface area contributed by atoms with Crippen molar-refractivity contribution in [1.82, 2.24) is 19.7 Å². The van der Waals surface area contributed by atoms with E-state index >= 15 is 0 Å². The Balaban J connectivity index is 1.08. The van der Waals surface area contributed by atoms with Gasteiger partial charge in [-0.1, -0.05) is 93.6 Å². The van der Waals surface area contributed by atoms with Gasteiger partial charge in [-0.2, -0.15) is 0 Å². The Bertz CT molecular complexity index is 2040. The van der Waals surface area contributed by atoms with Crippen molar-refractivity contribution in [2.75, 3.05) is 43.4 Å². The molecule has 1 aliphatic heterocycles. The molecule has 1 saturated heterocycles. The number of carbonyl (C=O) groups is 4. The van der Waals surface area contributed by atoms with Crippen LogP contribution in [0.4, 0.5) is 11.4 Å². The minimum absolute atomic E-state index is 0.0121. The number of anilines is 2. The molecular formula is C44H50N6O4. The predicted octanol–water partition coefficient (Wildman–Crippen LogP) is 7.27. The Morgan fingerprint density at radius 3 is 2.19 bits per heavy atom. The smallest absolute Gasteiger partial charge is 0.247 e. The second-order valence-corrected chi connectivity index (χ2v) is 13.8. The van der Waals surface area contributed by atoms with E-state index < -0.39 is 12.1 Å². The van der Waals surface area contributed by atoms with Crippen LogP contribution in [0.3, 0.4) is 0 Å². The van der Waals surface area contributed by atoms with Crippen molar-refractivity contribution in [3.63, 3.8) is 0 Å². The zero-order chi connectivity index (χ0) is 38.0. The lowest BCUT2D eigenvalue weighted by molar-refractivity contribution is -0.141. The molecule has 1 aliphatic rings. The lowest BCUT2D eigenvalue weighted by atomic mass is 10.0. The number of hydrogen-bond acceptors (Lipinski definition) is 5. The van der Waals surface area contributed by atoms with E-state index in [-0.39, 0.29) is 36.6 Å². The van der Waals surface area contributed by atoms with Gasteiger partial charge >= 0.3 is 0 Å². The number of benzene rings is 4. The number of fused-ring (bicyclic) bond motifs is 1. The number of likely N-dealkylation sites (tertiary alicyclic amines) is 1. The number of hydrogen-bond donors (Lipinski definition) is 3. The highest BCUT2D eigenvalue weighted by Crippen LogP contribution is 2.30. The van der Waals surface area contributed by atoms with E-state index in [2.05, 4.69) is 34.4 Å². The van der Waals surface area contributed by atoms with Crippen LogP contribution in [0.25, 0.3) is 22.2 Å². The van der Waals surface area contributed by atoms with Gasteiger partial charge in [0.25, 0.3) is 0 Å². The van der Waals surface area contributed by atoms with E-state index in [1.54, 1.807) is 9.80 Å². The van der Waals surface area contributed by atoms with Gasteiger partial charge in [-0.05, 0) is 85.4 Å². The van der Waals surface area contributed by atoms with Gasteiger partial charge in [-0.15, -0.1) is 0 Å². The molecular weight excluding hydrogens is 677 g/mol. The highest BCUT2D eigenvalue weighted by Gasteiger charge is 2.39. The number of aromatic nitrogens is 1. The van der Waals surface area contributed by atoms with Crippen molar-refractivity contribution >= 4 is 45.9 Å². The molecule has 0 aliphatic carbocycles. The molecule has 1 aromatic heterocycles. The predicted molar refractivity (Wildman–Crippen MR) is 215 cm³/mol. The summed E-state index contributed by atoms with van der Waals surface area (Å²) in [6, 6.07) is 33.7. The standard InChI is InChI=1S/C44H50N6O4/c1-4-25-49(41(52)27-31-14-9-7-10-15-31)30-40(51)45-35-21-19-32(20-22-35)38-29-34-28-36(23-24-37(34)47-38)46-43(53)39-18-13-26-50(39)44(54)42(48(5-2)6-3)33-16-11-8-12-17-33/h7-12,14-17,19-24,28-29,39,42,47H,4-6,13,18,25-27,30H2,1-3H3,(H,45,51)(H,46,53)/t39-,42+/m0/s1. The van der Waals surface area contributed by atoms with Crippen LogP contribution in [0.2, 0.25) is 0 Å². The topological polar surface area (TPSA) is 118 Å². The first-order chi connectivity index (χ1) is 26.3. The maximum Gasteiger partial charge on any atom is 0.247 e. The Hall–Kier alpha value is -5.74. The molecule has 0 radical (unpaired) electrons. The van der Waals surface area contributed by atoms with Gasteiger partial charge in [0, 0.05) is 41.1 Å².